The molecule has 2 aromatic carbocycles. The number of thioether (sulfide) groups is 1. The fourth-order valence-corrected chi connectivity index (χ4v) is 3.76. The Morgan fingerprint density at radius 1 is 0.938 bits per heavy atom. The fraction of sp³-hybridized carbons (Fsp3) is 0.143. The molecule has 0 aliphatic carbocycles. The molecule has 1 aliphatic heterocycles. The van der Waals surface area contributed by atoms with E-state index >= 15 is 0 Å². The van der Waals surface area contributed by atoms with Crippen molar-refractivity contribution in [2.24, 2.45) is 0 Å². The third-order valence-electron chi connectivity index (χ3n) is 2.95. The number of hydrogen-bond donors (Lipinski definition) is 1. The second-order valence-corrected chi connectivity index (χ2v) is 5.46. The van der Waals surface area contributed by atoms with E-state index in [9.17, 15) is 0 Å². The van der Waals surface area contributed by atoms with E-state index in [0.29, 0.717) is 0 Å². The second-order valence-electron chi connectivity index (χ2n) is 3.93. The molecule has 0 aromatic heterocycles. The van der Waals surface area contributed by atoms with Crippen molar-refractivity contribution in [3.63, 3.8) is 0 Å². The number of hydrogen-bond acceptors (Lipinski definition) is 2. The van der Waals surface area contributed by atoms with Gasteiger partial charge in [0, 0.05) is 10.6 Å². The Bertz CT molecular complexity index is 472. The molecule has 0 radical (unpaired) electrons. The Hall–Kier alpha value is -0.860. The summed E-state index contributed by atoms with van der Waals surface area (Å²) >= 11 is 6.68. The lowest BCUT2D eigenvalue weighted by Gasteiger charge is -2.13. The van der Waals surface area contributed by atoms with Gasteiger partial charge in [-0.3, -0.25) is 0 Å². The molecule has 0 spiro atoms. The molecule has 0 fully saturated rings. The summed E-state index contributed by atoms with van der Waals surface area (Å²) in [5.74, 6) is 1.05. The molecule has 0 saturated heterocycles. The van der Waals surface area contributed by atoms with Crippen LogP contribution in [0.25, 0.3) is 0 Å². The van der Waals surface area contributed by atoms with Gasteiger partial charge in [0.1, 0.15) is 0 Å². The van der Waals surface area contributed by atoms with E-state index in [0.717, 1.165) is 5.75 Å². The first-order valence-corrected chi connectivity index (χ1v) is 6.84. The lowest BCUT2D eigenvalue weighted by Crippen LogP contribution is -1.95. The minimum atomic E-state index is 0.211. The third-order valence-corrected chi connectivity index (χ3v) is 4.64. The van der Waals surface area contributed by atoms with Crippen LogP contribution in [0.5, 0.6) is 0 Å². The summed E-state index contributed by atoms with van der Waals surface area (Å²) in [7, 11) is 0. The molecule has 0 nitrogen and oxygen atoms in total. The quantitative estimate of drug-likeness (QED) is 0.674. The number of thiol groups is 1. The SMILES string of the molecule is SC1c2ccccc2CSc2ccccc21. The summed E-state index contributed by atoms with van der Waals surface area (Å²) in [4.78, 5) is 1.36. The normalized spacial score (nSPS) is 18.4. The van der Waals surface area contributed by atoms with Crippen LogP contribution < -0.4 is 0 Å². The van der Waals surface area contributed by atoms with Crippen molar-refractivity contribution in [3.05, 3.63) is 65.2 Å². The summed E-state index contributed by atoms with van der Waals surface area (Å²) < 4.78 is 0. The van der Waals surface area contributed by atoms with Gasteiger partial charge in [0.2, 0.25) is 0 Å². The van der Waals surface area contributed by atoms with Crippen LogP contribution in [0, 0.1) is 0 Å². The summed E-state index contributed by atoms with van der Waals surface area (Å²) in [6.45, 7) is 0. The van der Waals surface area contributed by atoms with Gasteiger partial charge in [0.25, 0.3) is 0 Å². The zero-order chi connectivity index (χ0) is 11.0. The van der Waals surface area contributed by atoms with Crippen LogP contribution in [0.3, 0.4) is 0 Å². The first kappa shape index (κ1) is 10.3. The number of benzene rings is 2. The van der Waals surface area contributed by atoms with E-state index in [1.165, 1.54) is 21.6 Å². The highest BCUT2D eigenvalue weighted by Gasteiger charge is 2.19. The third kappa shape index (κ3) is 1.66. The minimum Gasteiger partial charge on any atom is -0.166 e. The molecule has 2 aromatic rings. The zero-order valence-electron chi connectivity index (χ0n) is 8.76. The van der Waals surface area contributed by atoms with Gasteiger partial charge in [0.15, 0.2) is 0 Å². The maximum absolute atomic E-state index is 4.78. The molecule has 0 amide bonds. The highest BCUT2D eigenvalue weighted by Crippen LogP contribution is 2.41. The van der Waals surface area contributed by atoms with Crippen LogP contribution in [0.4, 0.5) is 0 Å². The first-order valence-electron chi connectivity index (χ1n) is 5.34. The van der Waals surface area contributed by atoms with Crippen LogP contribution in [-0.2, 0) is 5.75 Å². The van der Waals surface area contributed by atoms with E-state index in [2.05, 4.69) is 48.5 Å². The average Bonchev–Trinajstić information content (AvgIpc) is 2.49. The van der Waals surface area contributed by atoms with Crippen molar-refractivity contribution in [3.8, 4) is 0 Å². The number of fused-ring (bicyclic) bond motifs is 2. The Kier molecular flexibility index (Phi) is 2.70. The van der Waals surface area contributed by atoms with Gasteiger partial charge in [-0.15, -0.1) is 11.8 Å². The Balaban J connectivity index is 2.18. The predicted molar refractivity (Wildman–Crippen MR) is 73.3 cm³/mol. The summed E-state index contributed by atoms with van der Waals surface area (Å²) in [6, 6.07) is 17.2. The average molecular weight is 244 g/mol. The highest BCUT2D eigenvalue weighted by atomic mass is 32.2. The van der Waals surface area contributed by atoms with Gasteiger partial charge < -0.3 is 0 Å². The van der Waals surface area contributed by atoms with Crippen LogP contribution in [0.1, 0.15) is 21.9 Å². The molecule has 2 heteroatoms. The molecular weight excluding hydrogens is 232 g/mol. The largest absolute Gasteiger partial charge is 0.166 e. The smallest absolute Gasteiger partial charge is 0.0530 e. The molecule has 0 saturated carbocycles. The fourth-order valence-electron chi connectivity index (χ4n) is 2.09. The molecule has 1 heterocycles. The Morgan fingerprint density at radius 2 is 1.62 bits per heavy atom. The van der Waals surface area contributed by atoms with Crippen LogP contribution >= 0.6 is 24.4 Å². The molecule has 0 N–H and O–H groups in total. The van der Waals surface area contributed by atoms with E-state index in [4.69, 9.17) is 12.6 Å². The van der Waals surface area contributed by atoms with Gasteiger partial charge in [-0.2, -0.15) is 12.6 Å². The molecule has 0 bridgehead atoms. The van der Waals surface area contributed by atoms with Crippen molar-refractivity contribution in [1.82, 2.24) is 0 Å². The molecule has 1 aliphatic rings. The molecule has 16 heavy (non-hydrogen) atoms. The lowest BCUT2D eigenvalue weighted by atomic mass is 10.0. The maximum Gasteiger partial charge on any atom is 0.0530 e. The van der Waals surface area contributed by atoms with Crippen LogP contribution in [0.2, 0.25) is 0 Å². The van der Waals surface area contributed by atoms with Crippen molar-refractivity contribution in [2.75, 3.05) is 0 Å². The van der Waals surface area contributed by atoms with E-state index < -0.39 is 0 Å². The first-order chi connectivity index (χ1) is 7.86. The Morgan fingerprint density at radius 3 is 2.50 bits per heavy atom. The standard InChI is InChI=1S/C14H12S2/c15-14-11-6-2-1-5-10(11)9-16-13-8-4-3-7-12(13)14/h1-8,14-15H,9H2. The summed E-state index contributed by atoms with van der Waals surface area (Å²) in [5.41, 5.74) is 4.09. The highest BCUT2D eigenvalue weighted by molar-refractivity contribution is 7.98. The topological polar surface area (TPSA) is 0 Å². The summed E-state index contributed by atoms with van der Waals surface area (Å²) in [5, 5.41) is 0.211. The van der Waals surface area contributed by atoms with Gasteiger partial charge in [-0.1, -0.05) is 42.5 Å². The Labute approximate surface area is 105 Å². The number of rotatable bonds is 0. The van der Waals surface area contributed by atoms with Crippen molar-refractivity contribution in [1.29, 1.82) is 0 Å². The minimum absolute atomic E-state index is 0.211. The second kappa shape index (κ2) is 4.19. The van der Waals surface area contributed by atoms with Gasteiger partial charge in [-0.05, 0) is 22.8 Å². The zero-order valence-corrected chi connectivity index (χ0v) is 10.5. The van der Waals surface area contributed by atoms with E-state index in [1.807, 2.05) is 11.8 Å². The van der Waals surface area contributed by atoms with Gasteiger partial charge in [-0.25, -0.2) is 0 Å². The van der Waals surface area contributed by atoms with E-state index in [1.54, 1.807) is 0 Å². The lowest BCUT2D eigenvalue weighted by molar-refractivity contribution is 1.10. The molecule has 3 rings (SSSR count). The van der Waals surface area contributed by atoms with Crippen molar-refractivity contribution in [2.45, 2.75) is 15.9 Å². The van der Waals surface area contributed by atoms with Crippen LogP contribution in [-0.4, -0.2) is 0 Å². The van der Waals surface area contributed by atoms with E-state index in [-0.39, 0.29) is 5.25 Å². The predicted octanol–water partition coefficient (Wildman–Crippen LogP) is 4.31. The molecule has 1 unspecified atom stereocenters. The van der Waals surface area contributed by atoms with Gasteiger partial charge in [0.05, 0.1) is 5.25 Å². The van der Waals surface area contributed by atoms with Gasteiger partial charge >= 0.3 is 0 Å². The molecular formula is C14H12S2. The van der Waals surface area contributed by atoms with Crippen molar-refractivity contribution < 1.29 is 0 Å². The summed E-state index contributed by atoms with van der Waals surface area (Å²) in [6.07, 6.45) is 0. The molecule has 1 atom stereocenters. The molecule has 80 valence electrons. The monoisotopic (exact) mass is 244 g/mol. The van der Waals surface area contributed by atoms with Crippen molar-refractivity contribution >= 4 is 24.4 Å². The van der Waals surface area contributed by atoms with Crippen LogP contribution in [0.15, 0.2) is 53.4 Å². The maximum atomic E-state index is 4.78.